The van der Waals surface area contributed by atoms with Crippen molar-refractivity contribution in [2.24, 2.45) is 0 Å². The highest BCUT2D eigenvalue weighted by molar-refractivity contribution is 6.14. The van der Waals surface area contributed by atoms with E-state index in [4.69, 9.17) is 4.74 Å². The van der Waals surface area contributed by atoms with Gasteiger partial charge in [-0.1, -0.05) is 103 Å². The SMILES string of the molecule is Cc1cccc(-n2c3ccccc3c3cc4ccc(-c5ccc(-c6ccc7c(c6)-c6cccc8cccc(c68)O7)cc5)cc4cc32)c1. The quantitative estimate of drug-likeness (QED) is 0.197. The minimum Gasteiger partial charge on any atom is -0.456 e. The zero-order valence-corrected chi connectivity index (χ0v) is 25.9. The van der Waals surface area contributed by atoms with Gasteiger partial charge in [-0.25, -0.2) is 0 Å². The van der Waals surface area contributed by atoms with Gasteiger partial charge in [-0.3, -0.25) is 0 Å². The lowest BCUT2D eigenvalue weighted by Crippen LogP contribution is -1.97. The van der Waals surface area contributed by atoms with Crippen molar-refractivity contribution in [3.8, 4) is 50.6 Å². The molecule has 1 aliphatic rings. The summed E-state index contributed by atoms with van der Waals surface area (Å²) in [6, 6.07) is 57.3. The number of para-hydroxylation sites is 1. The topological polar surface area (TPSA) is 14.2 Å². The summed E-state index contributed by atoms with van der Waals surface area (Å²) in [6.45, 7) is 2.16. The summed E-state index contributed by atoms with van der Waals surface area (Å²) in [5.74, 6) is 1.83. The molecule has 0 radical (unpaired) electrons. The molecule has 2 heterocycles. The average Bonchev–Trinajstić information content (AvgIpc) is 3.44. The number of aromatic nitrogens is 1. The van der Waals surface area contributed by atoms with E-state index < -0.39 is 0 Å². The molecule has 0 fully saturated rings. The second-order valence-corrected chi connectivity index (χ2v) is 12.7. The lowest BCUT2D eigenvalue weighted by Gasteiger charge is -2.22. The van der Waals surface area contributed by atoms with Crippen molar-refractivity contribution in [3.05, 3.63) is 163 Å². The molecule has 8 aromatic carbocycles. The monoisotopic (exact) mass is 599 g/mol. The summed E-state index contributed by atoms with van der Waals surface area (Å²) in [7, 11) is 0. The van der Waals surface area contributed by atoms with Crippen molar-refractivity contribution in [2.75, 3.05) is 0 Å². The molecule has 0 amide bonds. The number of nitrogens with zero attached hydrogens (tertiary/aromatic N) is 1. The molecule has 0 aliphatic carbocycles. The van der Waals surface area contributed by atoms with E-state index in [1.807, 2.05) is 0 Å². The molecule has 0 unspecified atom stereocenters. The fourth-order valence-corrected chi connectivity index (χ4v) is 7.54. The van der Waals surface area contributed by atoms with Crippen molar-refractivity contribution in [1.82, 2.24) is 4.57 Å². The zero-order chi connectivity index (χ0) is 31.1. The number of fused-ring (bicyclic) bond motifs is 6. The summed E-state index contributed by atoms with van der Waals surface area (Å²) in [5, 5.41) is 7.43. The molecule has 0 saturated carbocycles. The third-order valence-corrected chi connectivity index (χ3v) is 9.80. The van der Waals surface area contributed by atoms with Crippen LogP contribution in [0.15, 0.2) is 158 Å². The Morgan fingerprint density at radius 3 is 2.02 bits per heavy atom. The normalized spacial score (nSPS) is 12.1. The van der Waals surface area contributed by atoms with E-state index in [0.29, 0.717) is 0 Å². The number of rotatable bonds is 3. The van der Waals surface area contributed by atoms with Crippen molar-refractivity contribution < 1.29 is 4.74 Å². The molecular weight excluding hydrogens is 571 g/mol. The van der Waals surface area contributed by atoms with Gasteiger partial charge in [0.1, 0.15) is 11.5 Å². The van der Waals surface area contributed by atoms with Crippen LogP contribution in [-0.2, 0) is 0 Å². The van der Waals surface area contributed by atoms with Crippen molar-refractivity contribution in [3.63, 3.8) is 0 Å². The number of hydrogen-bond acceptors (Lipinski definition) is 1. The Kier molecular flexibility index (Phi) is 5.53. The maximum absolute atomic E-state index is 6.33. The molecule has 0 saturated heterocycles. The smallest absolute Gasteiger partial charge is 0.135 e. The van der Waals surface area contributed by atoms with Gasteiger partial charge in [0, 0.05) is 27.4 Å². The van der Waals surface area contributed by atoms with Crippen LogP contribution in [0.1, 0.15) is 5.56 Å². The van der Waals surface area contributed by atoms with Crippen molar-refractivity contribution in [2.45, 2.75) is 6.92 Å². The Bertz CT molecular complexity index is 2710. The molecule has 1 aliphatic heterocycles. The van der Waals surface area contributed by atoms with E-state index in [-0.39, 0.29) is 0 Å². The molecular formula is C45H29NO. The lowest BCUT2D eigenvalue weighted by molar-refractivity contribution is 0.487. The van der Waals surface area contributed by atoms with Gasteiger partial charge in [-0.15, -0.1) is 0 Å². The third-order valence-electron chi connectivity index (χ3n) is 9.80. The second-order valence-electron chi connectivity index (χ2n) is 12.7. The number of hydrogen-bond donors (Lipinski definition) is 0. The first-order valence-corrected chi connectivity index (χ1v) is 16.2. The predicted molar refractivity (Wildman–Crippen MR) is 197 cm³/mol. The maximum atomic E-state index is 6.33. The van der Waals surface area contributed by atoms with Crippen LogP contribution in [0.4, 0.5) is 0 Å². The first kappa shape index (κ1) is 26.1. The van der Waals surface area contributed by atoms with Crippen LogP contribution in [0.25, 0.3) is 82.4 Å². The van der Waals surface area contributed by atoms with E-state index in [9.17, 15) is 0 Å². The van der Waals surface area contributed by atoms with Gasteiger partial charge in [0.2, 0.25) is 0 Å². The molecule has 0 spiro atoms. The Morgan fingerprint density at radius 1 is 0.426 bits per heavy atom. The summed E-state index contributed by atoms with van der Waals surface area (Å²) in [4.78, 5) is 0. The highest BCUT2D eigenvalue weighted by Gasteiger charge is 2.20. The molecule has 2 nitrogen and oxygen atoms in total. The molecule has 1 aromatic heterocycles. The number of benzene rings is 8. The summed E-state index contributed by atoms with van der Waals surface area (Å²) in [5.41, 5.74) is 12.1. The molecule has 0 N–H and O–H groups in total. The zero-order valence-electron chi connectivity index (χ0n) is 25.9. The fraction of sp³-hybridized carbons (Fsp3) is 0.0222. The highest BCUT2D eigenvalue weighted by atomic mass is 16.5. The Morgan fingerprint density at radius 2 is 1.17 bits per heavy atom. The van der Waals surface area contributed by atoms with Gasteiger partial charge in [-0.2, -0.15) is 0 Å². The summed E-state index contributed by atoms with van der Waals surface area (Å²) in [6.07, 6.45) is 0. The largest absolute Gasteiger partial charge is 0.456 e. The summed E-state index contributed by atoms with van der Waals surface area (Å²) < 4.78 is 8.74. The van der Waals surface area contributed by atoms with Crippen LogP contribution >= 0.6 is 0 Å². The highest BCUT2D eigenvalue weighted by Crippen LogP contribution is 2.47. The van der Waals surface area contributed by atoms with Crippen LogP contribution in [-0.4, -0.2) is 4.57 Å². The molecule has 0 bridgehead atoms. The van der Waals surface area contributed by atoms with Crippen LogP contribution < -0.4 is 4.74 Å². The van der Waals surface area contributed by atoms with Gasteiger partial charge in [-0.05, 0) is 111 Å². The van der Waals surface area contributed by atoms with Crippen LogP contribution in [0.5, 0.6) is 11.5 Å². The maximum Gasteiger partial charge on any atom is 0.135 e. The van der Waals surface area contributed by atoms with Gasteiger partial charge in [0.15, 0.2) is 0 Å². The first-order chi connectivity index (χ1) is 23.2. The molecule has 2 heteroatoms. The van der Waals surface area contributed by atoms with E-state index in [0.717, 1.165) is 17.1 Å². The number of aryl methyl sites for hydroxylation is 1. The van der Waals surface area contributed by atoms with Gasteiger partial charge in [0.25, 0.3) is 0 Å². The number of ether oxygens (including phenoxy) is 1. The first-order valence-electron chi connectivity index (χ1n) is 16.2. The molecule has 10 rings (SSSR count). The van der Waals surface area contributed by atoms with E-state index in [2.05, 4.69) is 169 Å². The Balaban J connectivity index is 1.05. The van der Waals surface area contributed by atoms with E-state index >= 15 is 0 Å². The molecule has 47 heavy (non-hydrogen) atoms. The van der Waals surface area contributed by atoms with Gasteiger partial charge >= 0.3 is 0 Å². The van der Waals surface area contributed by atoms with Crippen molar-refractivity contribution >= 4 is 43.4 Å². The van der Waals surface area contributed by atoms with E-state index in [1.165, 1.54) is 82.4 Å². The third kappa shape index (κ3) is 4.05. The second kappa shape index (κ2) is 9.94. The average molecular weight is 600 g/mol. The Hall–Kier alpha value is -6.12. The summed E-state index contributed by atoms with van der Waals surface area (Å²) >= 11 is 0. The molecule has 0 atom stereocenters. The minimum atomic E-state index is 0.906. The standard InChI is InChI=1S/C45H29NO/c1-28-7-4-10-36(23-28)46-41-13-3-2-11-37(41)39-25-34-20-19-32(24-35(34)27-42(39)46)29-15-17-30(18-16-29)33-21-22-43-40(26-33)38-12-5-8-31-9-6-14-44(47-43)45(31)38/h2-27H,1H3. The van der Waals surface area contributed by atoms with Crippen molar-refractivity contribution in [1.29, 1.82) is 0 Å². The predicted octanol–water partition coefficient (Wildman–Crippen LogP) is 12.5. The molecule has 9 aromatic rings. The molecule has 220 valence electrons. The Labute approximate surface area is 272 Å². The van der Waals surface area contributed by atoms with Gasteiger partial charge < -0.3 is 9.30 Å². The van der Waals surface area contributed by atoms with Crippen LogP contribution in [0, 0.1) is 6.92 Å². The van der Waals surface area contributed by atoms with Crippen LogP contribution in [0.3, 0.4) is 0 Å². The fourth-order valence-electron chi connectivity index (χ4n) is 7.54. The van der Waals surface area contributed by atoms with E-state index in [1.54, 1.807) is 0 Å². The van der Waals surface area contributed by atoms with Crippen LogP contribution in [0.2, 0.25) is 0 Å². The lowest BCUT2D eigenvalue weighted by atomic mass is 9.92. The minimum absolute atomic E-state index is 0.906. The van der Waals surface area contributed by atoms with Gasteiger partial charge in [0.05, 0.1) is 11.0 Å².